The van der Waals surface area contributed by atoms with E-state index in [2.05, 4.69) is 0 Å². The van der Waals surface area contributed by atoms with E-state index in [1.807, 2.05) is 0 Å². The van der Waals surface area contributed by atoms with Crippen LogP contribution in [0.3, 0.4) is 0 Å². The number of carbonyl (C=O) groups is 1. The minimum absolute atomic E-state index is 0.116. The van der Waals surface area contributed by atoms with E-state index in [0.29, 0.717) is 17.8 Å². The van der Waals surface area contributed by atoms with Gasteiger partial charge in [-0.15, -0.1) is 0 Å². The normalized spacial score (nSPS) is 10.6. The third-order valence-corrected chi connectivity index (χ3v) is 1.18. The van der Waals surface area contributed by atoms with Gasteiger partial charge < -0.3 is 9.52 Å². The summed E-state index contributed by atoms with van der Waals surface area (Å²) in [5.41, 5.74) is 0. The monoisotopic (exact) mass is 152 g/mol. The Morgan fingerprint density at radius 3 is 2.91 bits per heavy atom. The van der Waals surface area contributed by atoms with Crippen molar-refractivity contribution in [3.63, 3.8) is 0 Å². The SMILES string of the molecule is O=CC=Cc1ccc(CO)o1. The number of allylic oxidation sites excluding steroid dienone is 1. The van der Waals surface area contributed by atoms with Crippen molar-refractivity contribution in [2.24, 2.45) is 0 Å². The first-order valence-corrected chi connectivity index (χ1v) is 3.18. The molecule has 0 spiro atoms. The van der Waals surface area contributed by atoms with Crippen molar-refractivity contribution in [3.05, 3.63) is 29.7 Å². The molecule has 1 aromatic heterocycles. The largest absolute Gasteiger partial charge is 0.459 e. The highest BCUT2D eigenvalue weighted by Gasteiger charge is 1.95. The van der Waals surface area contributed by atoms with Gasteiger partial charge in [0.1, 0.15) is 24.4 Å². The zero-order valence-corrected chi connectivity index (χ0v) is 5.86. The molecule has 0 aliphatic heterocycles. The van der Waals surface area contributed by atoms with Gasteiger partial charge in [-0.25, -0.2) is 0 Å². The molecule has 0 radical (unpaired) electrons. The molecule has 0 saturated carbocycles. The lowest BCUT2D eigenvalue weighted by Crippen LogP contribution is -1.73. The second kappa shape index (κ2) is 3.73. The predicted octanol–water partition coefficient (Wildman–Crippen LogP) is 0.984. The van der Waals surface area contributed by atoms with E-state index in [1.54, 1.807) is 12.1 Å². The van der Waals surface area contributed by atoms with Crippen LogP contribution in [0.15, 0.2) is 22.6 Å². The highest BCUT2D eigenvalue weighted by molar-refractivity contribution is 5.72. The first-order chi connectivity index (χ1) is 5.36. The first-order valence-electron chi connectivity index (χ1n) is 3.18. The van der Waals surface area contributed by atoms with Crippen molar-refractivity contribution in [1.29, 1.82) is 0 Å². The number of aldehydes is 1. The van der Waals surface area contributed by atoms with Gasteiger partial charge in [0.15, 0.2) is 0 Å². The minimum atomic E-state index is -0.116. The van der Waals surface area contributed by atoms with Crippen LogP contribution in [0.2, 0.25) is 0 Å². The molecule has 0 unspecified atom stereocenters. The number of aliphatic hydroxyl groups excluding tert-OH is 1. The van der Waals surface area contributed by atoms with Crippen LogP contribution in [-0.4, -0.2) is 11.4 Å². The van der Waals surface area contributed by atoms with Gasteiger partial charge in [-0.05, 0) is 24.3 Å². The van der Waals surface area contributed by atoms with Crippen LogP contribution in [0.25, 0.3) is 6.08 Å². The number of furan rings is 1. The van der Waals surface area contributed by atoms with Crippen molar-refractivity contribution in [3.8, 4) is 0 Å². The summed E-state index contributed by atoms with van der Waals surface area (Å²) < 4.78 is 5.04. The Kier molecular flexibility index (Phi) is 2.63. The van der Waals surface area contributed by atoms with Crippen molar-refractivity contribution >= 4 is 12.4 Å². The molecule has 11 heavy (non-hydrogen) atoms. The lowest BCUT2D eigenvalue weighted by molar-refractivity contribution is -0.104. The first kappa shape index (κ1) is 7.75. The van der Waals surface area contributed by atoms with Gasteiger partial charge >= 0.3 is 0 Å². The van der Waals surface area contributed by atoms with E-state index in [9.17, 15) is 4.79 Å². The maximum Gasteiger partial charge on any atom is 0.142 e. The average molecular weight is 152 g/mol. The van der Waals surface area contributed by atoms with Crippen LogP contribution in [-0.2, 0) is 11.4 Å². The molecule has 0 aliphatic carbocycles. The maximum absolute atomic E-state index is 9.88. The van der Waals surface area contributed by atoms with Gasteiger partial charge in [0.25, 0.3) is 0 Å². The summed E-state index contributed by atoms with van der Waals surface area (Å²) in [6.07, 6.45) is 3.54. The number of hydrogen-bond acceptors (Lipinski definition) is 3. The Hall–Kier alpha value is -1.35. The van der Waals surface area contributed by atoms with Gasteiger partial charge in [-0.2, -0.15) is 0 Å². The van der Waals surface area contributed by atoms with Gasteiger partial charge in [0.05, 0.1) is 0 Å². The zero-order valence-electron chi connectivity index (χ0n) is 5.86. The molecule has 0 saturated heterocycles. The zero-order chi connectivity index (χ0) is 8.10. The van der Waals surface area contributed by atoms with E-state index < -0.39 is 0 Å². The van der Waals surface area contributed by atoms with Gasteiger partial charge in [0.2, 0.25) is 0 Å². The van der Waals surface area contributed by atoms with Gasteiger partial charge in [-0.3, -0.25) is 4.79 Å². The van der Waals surface area contributed by atoms with Crippen LogP contribution in [0, 0.1) is 0 Å². The number of hydrogen-bond donors (Lipinski definition) is 1. The molecule has 1 rings (SSSR count). The highest BCUT2D eigenvalue weighted by Crippen LogP contribution is 2.08. The summed E-state index contributed by atoms with van der Waals surface area (Å²) in [6.45, 7) is -0.116. The van der Waals surface area contributed by atoms with Gasteiger partial charge in [0, 0.05) is 0 Å². The number of carbonyl (C=O) groups excluding carboxylic acids is 1. The molecular weight excluding hydrogens is 144 g/mol. The highest BCUT2D eigenvalue weighted by atomic mass is 16.4. The molecule has 3 nitrogen and oxygen atoms in total. The summed E-state index contributed by atoms with van der Waals surface area (Å²) in [6, 6.07) is 3.34. The molecule has 0 atom stereocenters. The van der Waals surface area contributed by atoms with Crippen molar-refractivity contribution < 1.29 is 14.3 Å². The van der Waals surface area contributed by atoms with E-state index in [1.165, 1.54) is 12.2 Å². The second-order valence-corrected chi connectivity index (χ2v) is 1.96. The van der Waals surface area contributed by atoms with Crippen LogP contribution in [0.5, 0.6) is 0 Å². The Morgan fingerprint density at radius 2 is 2.36 bits per heavy atom. The fraction of sp³-hybridized carbons (Fsp3) is 0.125. The van der Waals surface area contributed by atoms with Crippen LogP contribution >= 0.6 is 0 Å². The summed E-state index contributed by atoms with van der Waals surface area (Å²) in [5.74, 6) is 1.07. The summed E-state index contributed by atoms with van der Waals surface area (Å²) >= 11 is 0. The maximum atomic E-state index is 9.88. The lowest BCUT2D eigenvalue weighted by atomic mass is 10.4. The van der Waals surface area contributed by atoms with Crippen molar-refractivity contribution in [2.75, 3.05) is 0 Å². The third-order valence-electron chi connectivity index (χ3n) is 1.18. The molecule has 1 N–H and O–H groups in total. The van der Waals surface area contributed by atoms with Crippen LogP contribution in [0.1, 0.15) is 11.5 Å². The van der Waals surface area contributed by atoms with E-state index in [0.717, 1.165) is 0 Å². The van der Waals surface area contributed by atoms with Crippen molar-refractivity contribution in [1.82, 2.24) is 0 Å². The fourth-order valence-electron chi connectivity index (χ4n) is 0.703. The molecule has 0 amide bonds. The summed E-state index contributed by atoms with van der Waals surface area (Å²) in [5, 5.41) is 8.59. The molecular formula is C8H8O3. The summed E-state index contributed by atoms with van der Waals surface area (Å²) in [7, 11) is 0. The minimum Gasteiger partial charge on any atom is -0.459 e. The van der Waals surface area contributed by atoms with Crippen LogP contribution in [0.4, 0.5) is 0 Å². The Balaban J connectivity index is 2.72. The van der Waals surface area contributed by atoms with Crippen molar-refractivity contribution in [2.45, 2.75) is 6.61 Å². The predicted molar refractivity (Wildman–Crippen MR) is 39.7 cm³/mol. The number of rotatable bonds is 3. The molecule has 0 fully saturated rings. The Labute approximate surface area is 64.0 Å². The van der Waals surface area contributed by atoms with E-state index >= 15 is 0 Å². The molecule has 58 valence electrons. The smallest absolute Gasteiger partial charge is 0.142 e. The second-order valence-electron chi connectivity index (χ2n) is 1.96. The quantitative estimate of drug-likeness (QED) is 0.519. The lowest BCUT2D eigenvalue weighted by Gasteiger charge is -1.84. The fourth-order valence-corrected chi connectivity index (χ4v) is 0.703. The van der Waals surface area contributed by atoms with E-state index in [-0.39, 0.29) is 6.61 Å². The average Bonchev–Trinajstić information content (AvgIpc) is 2.48. The Bertz CT molecular complexity index is 260. The Morgan fingerprint density at radius 1 is 1.55 bits per heavy atom. The topological polar surface area (TPSA) is 50.4 Å². The molecule has 0 aliphatic rings. The van der Waals surface area contributed by atoms with Gasteiger partial charge in [-0.1, -0.05) is 0 Å². The van der Waals surface area contributed by atoms with Crippen LogP contribution < -0.4 is 0 Å². The molecule has 0 bridgehead atoms. The molecule has 1 heterocycles. The van der Waals surface area contributed by atoms with E-state index in [4.69, 9.17) is 9.52 Å². The molecule has 3 heteroatoms. The standard InChI is InChI=1S/C8H8O3/c9-5-1-2-7-3-4-8(6-10)11-7/h1-5,10H,6H2. The third kappa shape index (κ3) is 2.05. The molecule has 1 aromatic rings. The summed E-state index contributed by atoms with van der Waals surface area (Å²) in [4.78, 5) is 9.88. The number of aliphatic hydroxyl groups is 1. The molecule has 0 aromatic carbocycles.